The van der Waals surface area contributed by atoms with Crippen molar-refractivity contribution in [3.8, 4) is 0 Å². The quantitative estimate of drug-likeness (QED) is 0.577. The van der Waals surface area contributed by atoms with Crippen LogP contribution in [0.4, 0.5) is 0 Å². The average molecular weight is 228 g/mol. The zero-order chi connectivity index (χ0) is 11.8. The van der Waals surface area contributed by atoms with E-state index in [9.17, 15) is 4.79 Å². The van der Waals surface area contributed by atoms with Crippen molar-refractivity contribution in [1.82, 2.24) is 10.6 Å². The molecule has 1 aliphatic rings. The van der Waals surface area contributed by atoms with E-state index in [0.29, 0.717) is 25.7 Å². The summed E-state index contributed by atoms with van der Waals surface area (Å²) in [6, 6.07) is 0.400. The summed E-state index contributed by atoms with van der Waals surface area (Å²) in [5.74, 6) is 0.845. The minimum absolute atomic E-state index is 0.0512. The van der Waals surface area contributed by atoms with Crippen molar-refractivity contribution >= 4 is 5.91 Å². The van der Waals surface area contributed by atoms with Gasteiger partial charge in [0, 0.05) is 19.2 Å². The summed E-state index contributed by atoms with van der Waals surface area (Å²) < 4.78 is 5.42. The molecule has 4 heteroatoms. The van der Waals surface area contributed by atoms with Crippen LogP contribution in [0, 0.1) is 5.92 Å². The number of carbonyl (C=O) groups is 1. The van der Waals surface area contributed by atoms with Gasteiger partial charge in [0.05, 0.1) is 13.2 Å². The molecule has 0 aromatic carbocycles. The first kappa shape index (κ1) is 13.5. The zero-order valence-electron chi connectivity index (χ0n) is 10.4. The lowest BCUT2D eigenvalue weighted by Gasteiger charge is -2.11. The Morgan fingerprint density at radius 2 is 2.25 bits per heavy atom. The Morgan fingerprint density at radius 3 is 2.88 bits per heavy atom. The monoisotopic (exact) mass is 228 g/mol. The first-order chi connectivity index (χ1) is 7.72. The number of rotatable bonds is 9. The molecule has 1 rings (SSSR count). The maximum absolute atomic E-state index is 11.3. The standard InChI is InChI=1S/C12H24N2O2/c1-3-10(2)14-8-12(15)13-6-7-16-9-11-4-5-11/h10-11,14H,3-9H2,1-2H3,(H,13,15). The van der Waals surface area contributed by atoms with Crippen LogP contribution in [0.1, 0.15) is 33.1 Å². The highest BCUT2D eigenvalue weighted by atomic mass is 16.5. The molecule has 1 amide bonds. The molecule has 1 unspecified atom stereocenters. The number of nitrogens with one attached hydrogen (secondary N) is 2. The number of amides is 1. The van der Waals surface area contributed by atoms with Gasteiger partial charge in [0.15, 0.2) is 0 Å². The fourth-order valence-corrected chi connectivity index (χ4v) is 1.27. The first-order valence-electron chi connectivity index (χ1n) is 6.30. The molecule has 0 bridgehead atoms. The summed E-state index contributed by atoms with van der Waals surface area (Å²) >= 11 is 0. The number of hydrogen-bond donors (Lipinski definition) is 2. The molecular weight excluding hydrogens is 204 g/mol. The van der Waals surface area contributed by atoms with Gasteiger partial charge in [0.25, 0.3) is 0 Å². The predicted octanol–water partition coefficient (Wildman–Crippen LogP) is 0.917. The molecule has 2 N–H and O–H groups in total. The summed E-state index contributed by atoms with van der Waals surface area (Å²) in [6.07, 6.45) is 3.66. The van der Waals surface area contributed by atoms with Crippen molar-refractivity contribution in [3.63, 3.8) is 0 Å². The highest BCUT2D eigenvalue weighted by molar-refractivity contribution is 5.77. The minimum atomic E-state index is 0.0512. The van der Waals surface area contributed by atoms with Gasteiger partial charge in [-0.3, -0.25) is 4.79 Å². The van der Waals surface area contributed by atoms with Crippen LogP contribution in [0.5, 0.6) is 0 Å². The van der Waals surface area contributed by atoms with Gasteiger partial charge < -0.3 is 15.4 Å². The Hall–Kier alpha value is -0.610. The van der Waals surface area contributed by atoms with Crippen molar-refractivity contribution in [2.45, 2.75) is 39.2 Å². The van der Waals surface area contributed by atoms with E-state index < -0.39 is 0 Å². The van der Waals surface area contributed by atoms with Crippen LogP contribution in [0.2, 0.25) is 0 Å². The average Bonchev–Trinajstić information content (AvgIpc) is 3.09. The van der Waals surface area contributed by atoms with Gasteiger partial charge in [0.1, 0.15) is 0 Å². The third-order valence-corrected chi connectivity index (χ3v) is 2.84. The Bertz CT molecular complexity index is 205. The van der Waals surface area contributed by atoms with Crippen molar-refractivity contribution < 1.29 is 9.53 Å². The van der Waals surface area contributed by atoms with E-state index in [1.54, 1.807) is 0 Å². The summed E-state index contributed by atoms with van der Waals surface area (Å²) in [5.41, 5.74) is 0. The van der Waals surface area contributed by atoms with E-state index in [1.165, 1.54) is 12.8 Å². The molecule has 0 spiro atoms. The highest BCUT2D eigenvalue weighted by Crippen LogP contribution is 2.28. The summed E-state index contributed by atoms with van der Waals surface area (Å²) in [6.45, 7) is 6.69. The van der Waals surface area contributed by atoms with Crippen LogP contribution in [0.25, 0.3) is 0 Å². The lowest BCUT2D eigenvalue weighted by molar-refractivity contribution is -0.120. The van der Waals surface area contributed by atoms with Gasteiger partial charge >= 0.3 is 0 Å². The van der Waals surface area contributed by atoms with Gasteiger partial charge in [-0.2, -0.15) is 0 Å². The first-order valence-corrected chi connectivity index (χ1v) is 6.30. The molecule has 0 aliphatic heterocycles. The van der Waals surface area contributed by atoms with Crippen LogP contribution in [-0.4, -0.2) is 38.3 Å². The molecule has 0 heterocycles. The normalized spacial score (nSPS) is 17.1. The van der Waals surface area contributed by atoms with Crippen molar-refractivity contribution in [2.24, 2.45) is 5.92 Å². The van der Waals surface area contributed by atoms with Gasteiger partial charge in [-0.15, -0.1) is 0 Å². The third kappa shape index (κ3) is 6.80. The van der Waals surface area contributed by atoms with Gasteiger partial charge in [-0.25, -0.2) is 0 Å². The largest absolute Gasteiger partial charge is 0.379 e. The SMILES string of the molecule is CCC(C)NCC(=O)NCCOCC1CC1. The summed E-state index contributed by atoms with van der Waals surface area (Å²) in [7, 11) is 0. The van der Waals surface area contributed by atoms with Crippen LogP contribution in [-0.2, 0) is 9.53 Å². The molecule has 0 radical (unpaired) electrons. The molecule has 1 atom stereocenters. The van der Waals surface area contributed by atoms with E-state index >= 15 is 0 Å². The van der Waals surface area contributed by atoms with Crippen molar-refractivity contribution in [2.75, 3.05) is 26.3 Å². The van der Waals surface area contributed by atoms with Crippen molar-refractivity contribution in [3.05, 3.63) is 0 Å². The topological polar surface area (TPSA) is 50.4 Å². The minimum Gasteiger partial charge on any atom is -0.379 e. The van der Waals surface area contributed by atoms with Gasteiger partial charge in [-0.1, -0.05) is 6.92 Å². The summed E-state index contributed by atoms with van der Waals surface area (Å²) in [4.78, 5) is 11.3. The van der Waals surface area contributed by atoms with E-state index in [-0.39, 0.29) is 5.91 Å². The Balaban J connectivity index is 1.84. The highest BCUT2D eigenvalue weighted by Gasteiger charge is 2.20. The zero-order valence-corrected chi connectivity index (χ0v) is 10.4. The maximum atomic E-state index is 11.3. The van der Waals surface area contributed by atoms with Crippen LogP contribution >= 0.6 is 0 Å². The van der Waals surface area contributed by atoms with Crippen LogP contribution in [0.15, 0.2) is 0 Å². The molecule has 4 nitrogen and oxygen atoms in total. The Morgan fingerprint density at radius 1 is 1.50 bits per heavy atom. The molecule has 1 fully saturated rings. The van der Waals surface area contributed by atoms with Gasteiger partial charge in [0.2, 0.25) is 5.91 Å². The molecular formula is C12H24N2O2. The van der Waals surface area contributed by atoms with Crippen molar-refractivity contribution in [1.29, 1.82) is 0 Å². The Labute approximate surface area is 98.1 Å². The smallest absolute Gasteiger partial charge is 0.234 e. The maximum Gasteiger partial charge on any atom is 0.234 e. The number of ether oxygens (including phenoxy) is 1. The molecule has 16 heavy (non-hydrogen) atoms. The summed E-state index contributed by atoms with van der Waals surface area (Å²) in [5, 5.41) is 5.98. The lowest BCUT2D eigenvalue weighted by atomic mass is 10.2. The van der Waals surface area contributed by atoms with Crippen LogP contribution in [0.3, 0.4) is 0 Å². The molecule has 1 aliphatic carbocycles. The van der Waals surface area contributed by atoms with E-state index in [2.05, 4.69) is 24.5 Å². The molecule has 1 saturated carbocycles. The molecule has 0 aromatic heterocycles. The van der Waals surface area contributed by atoms with E-state index in [1.807, 2.05) is 0 Å². The Kier molecular flexibility index (Phi) is 6.42. The van der Waals surface area contributed by atoms with E-state index in [0.717, 1.165) is 18.9 Å². The molecule has 94 valence electrons. The number of carbonyl (C=O) groups excluding carboxylic acids is 1. The predicted molar refractivity (Wildman–Crippen MR) is 64.3 cm³/mol. The lowest BCUT2D eigenvalue weighted by Crippen LogP contribution is -2.38. The van der Waals surface area contributed by atoms with Gasteiger partial charge in [-0.05, 0) is 32.1 Å². The second-order valence-electron chi connectivity index (χ2n) is 4.56. The number of hydrogen-bond acceptors (Lipinski definition) is 3. The second kappa shape index (κ2) is 7.63. The second-order valence-corrected chi connectivity index (χ2v) is 4.56. The third-order valence-electron chi connectivity index (χ3n) is 2.84. The molecule has 0 aromatic rings. The molecule has 0 saturated heterocycles. The van der Waals surface area contributed by atoms with E-state index in [4.69, 9.17) is 4.74 Å². The van der Waals surface area contributed by atoms with Crippen LogP contribution < -0.4 is 10.6 Å². The fourth-order valence-electron chi connectivity index (χ4n) is 1.27. The fraction of sp³-hybridized carbons (Fsp3) is 0.917.